The molecule has 1 aliphatic carbocycles. The van der Waals surface area contributed by atoms with Crippen LogP contribution < -0.4 is 15.5 Å². The van der Waals surface area contributed by atoms with E-state index in [0.29, 0.717) is 42.9 Å². The van der Waals surface area contributed by atoms with Crippen molar-refractivity contribution in [2.45, 2.75) is 96.8 Å². The van der Waals surface area contributed by atoms with E-state index >= 15 is 0 Å². The molecule has 3 aromatic rings. The van der Waals surface area contributed by atoms with Crippen molar-refractivity contribution in [1.29, 1.82) is 0 Å². The summed E-state index contributed by atoms with van der Waals surface area (Å²) in [6, 6.07) is 22.9. The summed E-state index contributed by atoms with van der Waals surface area (Å²) in [6.45, 7) is 5.30. The number of rotatable bonds is 14. The Balaban J connectivity index is 1.41. The van der Waals surface area contributed by atoms with Crippen LogP contribution in [-0.2, 0) is 36.8 Å². The summed E-state index contributed by atoms with van der Waals surface area (Å²) in [4.78, 5) is 69.5. The Kier molecular flexibility index (Phi) is 12.1. The van der Waals surface area contributed by atoms with Crippen molar-refractivity contribution in [2.24, 2.45) is 5.41 Å². The molecule has 1 saturated heterocycles. The second-order valence-corrected chi connectivity index (χ2v) is 14.1. The molecule has 1 heterocycles. The van der Waals surface area contributed by atoms with Gasteiger partial charge in [0.25, 0.3) is 5.91 Å². The third-order valence-corrected chi connectivity index (χ3v) is 10.3. The van der Waals surface area contributed by atoms with E-state index in [9.17, 15) is 24.0 Å². The molecule has 0 aromatic heterocycles. The number of nitrogens with zero attached hydrogens (tertiary/aromatic N) is 2. The lowest BCUT2D eigenvalue weighted by Crippen LogP contribution is -2.49. The van der Waals surface area contributed by atoms with E-state index < -0.39 is 23.7 Å². The number of halogens is 1. The molecule has 264 valence electrons. The molecule has 3 aromatic carbocycles. The summed E-state index contributed by atoms with van der Waals surface area (Å²) in [5.74, 6) is -0.708. The van der Waals surface area contributed by atoms with Crippen LogP contribution in [0.3, 0.4) is 0 Å². The SMILES string of the molecule is CCCC(=O)N1C(Cc2ccccc2)C(=O)N(c2ccc(CC(NC(=O)C3(CCNC(C)=O)CCCC3)C(C)=O)cc2)C1c1ccc(Cl)cc1. The Morgan fingerprint density at radius 2 is 1.56 bits per heavy atom. The highest BCUT2D eigenvalue weighted by atomic mass is 35.5. The zero-order valence-electron chi connectivity index (χ0n) is 29.1. The average Bonchev–Trinajstić information content (AvgIpc) is 3.69. The van der Waals surface area contributed by atoms with Crippen LogP contribution in [-0.4, -0.2) is 52.9 Å². The molecular weight excluding hydrogens is 652 g/mol. The lowest BCUT2D eigenvalue weighted by Gasteiger charge is -2.32. The van der Waals surface area contributed by atoms with E-state index in [2.05, 4.69) is 10.6 Å². The number of benzene rings is 3. The first kappa shape index (κ1) is 36.8. The Morgan fingerprint density at radius 3 is 2.16 bits per heavy atom. The highest BCUT2D eigenvalue weighted by Gasteiger charge is 2.49. The number of hydrogen-bond acceptors (Lipinski definition) is 5. The van der Waals surface area contributed by atoms with Crippen LogP contribution in [0.5, 0.6) is 0 Å². The summed E-state index contributed by atoms with van der Waals surface area (Å²) in [7, 11) is 0. The summed E-state index contributed by atoms with van der Waals surface area (Å²) in [6.07, 6.45) is 4.77. The number of amides is 4. The Hall–Kier alpha value is -4.50. The van der Waals surface area contributed by atoms with Crippen LogP contribution in [0.4, 0.5) is 5.69 Å². The Bertz CT molecular complexity index is 1670. The van der Waals surface area contributed by atoms with Gasteiger partial charge in [0.2, 0.25) is 17.7 Å². The fraction of sp³-hybridized carbons (Fsp3) is 0.425. The van der Waals surface area contributed by atoms with Crippen LogP contribution in [0.15, 0.2) is 78.9 Å². The molecule has 0 bridgehead atoms. The number of carbonyl (C=O) groups is 5. The van der Waals surface area contributed by atoms with Crippen molar-refractivity contribution in [3.8, 4) is 0 Å². The highest BCUT2D eigenvalue weighted by molar-refractivity contribution is 6.30. The van der Waals surface area contributed by atoms with E-state index in [4.69, 9.17) is 11.6 Å². The molecule has 5 rings (SSSR count). The zero-order chi connectivity index (χ0) is 35.8. The average molecular weight is 699 g/mol. The lowest BCUT2D eigenvalue weighted by atomic mass is 9.81. The Labute approximate surface area is 299 Å². The van der Waals surface area contributed by atoms with Crippen LogP contribution in [0.2, 0.25) is 5.02 Å². The van der Waals surface area contributed by atoms with Gasteiger partial charge >= 0.3 is 0 Å². The Morgan fingerprint density at radius 1 is 0.900 bits per heavy atom. The van der Waals surface area contributed by atoms with Gasteiger partial charge in [0, 0.05) is 37.0 Å². The summed E-state index contributed by atoms with van der Waals surface area (Å²) in [5.41, 5.74) is 2.56. The standard InChI is InChI=1S/C40H47ClN4O5/c1-4-10-36(48)45-35(26-29-11-6-5-7-12-29)38(49)44(37(45)31-15-17-32(41)18-16-31)33-19-13-30(14-20-33)25-34(27(2)46)43-39(50)40(21-8-9-22-40)23-24-42-28(3)47/h5-7,11-20,34-35,37H,4,8-10,21-26H2,1-3H3,(H,42,47)(H,43,50). The van der Waals surface area contributed by atoms with Gasteiger partial charge in [0.15, 0.2) is 5.78 Å². The molecule has 2 N–H and O–H groups in total. The molecule has 10 heteroatoms. The molecule has 2 fully saturated rings. The fourth-order valence-corrected chi connectivity index (χ4v) is 7.47. The molecule has 4 amide bonds. The zero-order valence-corrected chi connectivity index (χ0v) is 29.9. The third-order valence-electron chi connectivity index (χ3n) is 10.0. The minimum Gasteiger partial charge on any atom is -0.356 e. The molecule has 0 spiro atoms. The van der Waals surface area contributed by atoms with Crippen LogP contribution >= 0.6 is 11.6 Å². The van der Waals surface area contributed by atoms with Gasteiger partial charge in [-0.3, -0.25) is 28.9 Å². The van der Waals surface area contributed by atoms with Gasteiger partial charge in [0.05, 0.1) is 11.5 Å². The maximum Gasteiger partial charge on any atom is 0.252 e. The molecule has 2 aliphatic rings. The van der Waals surface area contributed by atoms with Crippen LogP contribution in [0.25, 0.3) is 0 Å². The van der Waals surface area contributed by atoms with E-state index in [1.54, 1.807) is 21.9 Å². The van der Waals surface area contributed by atoms with Crippen molar-refractivity contribution >= 4 is 46.7 Å². The van der Waals surface area contributed by atoms with Crippen molar-refractivity contribution in [3.63, 3.8) is 0 Å². The number of anilines is 1. The van der Waals surface area contributed by atoms with E-state index in [0.717, 1.165) is 42.4 Å². The second kappa shape index (κ2) is 16.5. The number of carbonyl (C=O) groups excluding carboxylic acids is 5. The van der Waals surface area contributed by atoms with Crippen molar-refractivity contribution in [2.75, 3.05) is 11.4 Å². The molecule has 3 unspecified atom stereocenters. The topological polar surface area (TPSA) is 116 Å². The first-order valence-electron chi connectivity index (χ1n) is 17.6. The lowest BCUT2D eigenvalue weighted by molar-refractivity contribution is -0.136. The molecule has 3 atom stereocenters. The molecule has 0 radical (unpaired) electrons. The molecule has 50 heavy (non-hydrogen) atoms. The van der Waals surface area contributed by atoms with Gasteiger partial charge in [-0.15, -0.1) is 0 Å². The van der Waals surface area contributed by atoms with Crippen molar-refractivity contribution < 1.29 is 24.0 Å². The van der Waals surface area contributed by atoms with E-state index in [1.165, 1.54) is 13.8 Å². The first-order chi connectivity index (χ1) is 24.0. The summed E-state index contributed by atoms with van der Waals surface area (Å²) < 4.78 is 0. The van der Waals surface area contributed by atoms with Crippen molar-refractivity contribution in [1.82, 2.24) is 15.5 Å². The third kappa shape index (κ3) is 8.44. The maximum absolute atomic E-state index is 14.4. The molecule has 1 aliphatic heterocycles. The van der Waals surface area contributed by atoms with Gasteiger partial charge in [-0.05, 0) is 80.0 Å². The second-order valence-electron chi connectivity index (χ2n) is 13.6. The number of hydrogen-bond donors (Lipinski definition) is 2. The smallest absolute Gasteiger partial charge is 0.252 e. The van der Waals surface area contributed by atoms with Gasteiger partial charge in [0.1, 0.15) is 12.2 Å². The van der Waals surface area contributed by atoms with E-state index in [-0.39, 0.29) is 35.8 Å². The fourth-order valence-electron chi connectivity index (χ4n) is 7.34. The monoisotopic (exact) mass is 698 g/mol. The van der Waals surface area contributed by atoms with Gasteiger partial charge in [-0.1, -0.05) is 86.0 Å². The van der Waals surface area contributed by atoms with Crippen LogP contribution in [0.1, 0.15) is 88.6 Å². The largest absolute Gasteiger partial charge is 0.356 e. The minimum absolute atomic E-state index is 0.0991. The van der Waals surface area contributed by atoms with E-state index in [1.807, 2.05) is 73.7 Å². The predicted molar refractivity (Wildman–Crippen MR) is 194 cm³/mol. The van der Waals surface area contributed by atoms with Crippen molar-refractivity contribution in [3.05, 3.63) is 101 Å². The van der Waals surface area contributed by atoms with Crippen LogP contribution in [0, 0.1) is 5.41 Å². The summed E-state index contributed by atoms with van der Waals surface area (Å²) >= 11 is 6.25. The number of nitrogens with one attached hydrogen (secondary N) is 2. The maximum atomic E-state index is 14.4. The minimum atomic E-state index is -0.723. The van der Waals surface area contributed by atoms with Gasteiger partial charge in [-0.2, -0.15) is 0 Å². The van der Waals surface area contributed by atoms with Gasteiger partial charge < -0.3 is 15.5 Å². The quantitative estimate of drug-likeness (QED) is 0.204. The molecular formula is C40H47ClN4O5. The molecule has 9 nitrogen and oxygen atoms in total. The molecule has 1 saturated carbocycles. The summed E-state index contributed by atoms with van der Waals surface area (Å²) in [5, 5.41) is 6.39. The predicted octanol–water partition coefficient (Wildman–Crippen LogP) is 6.33. The highest BCUT2D eigenvalue weighted by Crippen LogP contribution is 2.42. The first-order valence-corrected chi connectivity index (χ1v) is 18.0. The normalized spacial score (nSPS) is 18.9. The number of ketones is 1. The number of Topliss-reactive ketones (excluding diaryl/α,β-unsaturated/α-hetero) is 1. The van der Waals surface area contributed by atoms with Gasteiger partial charge in [-0.25, -0.2) is 0 Å².